The highest BCUT2D eigenvalue weighted by Crippen LogP contribution is 2.16. The first-order chi connectivity index (χ1) is 8.78. The van der Waals surface area contributed by atoms with E-state index in [-0.39, 0.29) is 11.5 Å². The Morgan fingerprint density at radius 3 is 2.68 bits per heavy atom. The first-order valence-corrected chi connectivity index (χ1v) is 7.57. The number of thiocarbonyl (C=S) groups is 1. The van der Waals surface area contributed by atoms with Crippen LogP contribution in [0.2, 0.25) is 0 Å². The quantitative estimate of drug-likeness (QED) is 0.798. The van der Waals surface area contributed by atoms with Crippen molar-refractivity contribution in [1.29, 1.82) is 0 Å². The molecular formula is C12H18N2O3S2. The molecule has 0 radical (unpaired) electrons. The van der Waals surface area contributed by atoms with Gasteiger partial charge in [0.15, 0.2) is 0 Å². The Kier molecular flexibility index (Phi) is 5.28. The third-order valence-corrected chi connectivity index (χ3v) is 5.47. The lowest BCUT2D eigenvalue weighted by molar-refractivity contribution is 0.412. The van der Waals surface area contributed by atoms with E-state index in [9.17, 15) is 8.42 Å². The number of rotatable bonds is 6. The van der Waals surface area contributed by atoms with Gasteiger partial charge in [-0.25, -0.2) is 12.7 Å². The van der Waals surface area contributed by atoms with Crippen molar-refractivity contribution in [2.45, 2.75) is 18.7 Å². The van der Waals surface area contributed by atoms with Gasteiger partial charge in [-0.1, -0.05) is 24.4 Å². The maximum absolute atomic E-state index is 12.2. The third-order valence-electron chi connectivity index (χ3n) is 2.82. The summed E-state index contributed by atoms with van der Waals surface area (Å²) in [5.41, 5.74) is 6.24. The molecule has 1 unspecified atom stereocenters. The fraction of sp³-hybridized carbons (Fsp3) is 0.417. The molecule has 19 heavy (non-hydrogen) atoms. The van der Waals surface area contributed by atoms with Crippen LogP contribution >= 0.6 is 12.2 Å². The largest absolute Gasteiger partial charge is 0.497 e. The zero-order valence-corrected chi connectivity index (χ0v) is 12.8. The molecule has 5 nitrogen and oxygen atoms in total. The lowest BCUT2D eigenvalue weighted by atomic mass is 10.2. The molecule has 1 atom stereocenters. The van der Waals surface area contributed by atoms with Gasteiger partial charge in [0.1, 0.15) is 11.0 Å². The molecule has 0 aromatic heterocycles. The number of nitrogens with zero attached hydrogens (tertiary/aromatic N) is 1. The summed E-state index contributed by atoms with van der Waals surface area (Å²) < 4.78 is 30.7. The Morgan fingerprint density at radius 1 is 1.53 bits per heavy atom. The molecule has 1 aromatic carbocycles. The van der Waals surface area contributed by atoms with E-state index >= 15 is 0 Å². The summed E-state index contributed by atoms with van der Waals surface area (Å²) in [6.45, 7) is 1.73. The molecular weight excluding hydrogens is 284 g/mol. The first-order valence-electron chi connectivity index (χ1n) is 5.66. The van der Waals surface area contributed by atoms with Crippen LogP contribution in [0.4, 0.5) is 0 Å². The monoisotopic (exact) mass is 302 g/mol. The van der Waals surface area contributed by atoms with Crippen LogP contribution in [0.25, 0.3) is 0 Å². The molecule has 0 bridgehead atoms. The van der Waals surface area contributed by atoms with Gasteiger partial charge in [0.05, 0.1) is 12.1 Å². The van der Waals surface area contributed by atoms with E-state index in [1.165, 1.54) is 18.3 Å². The van der Waals surface area contributed by atoms with Gasteiger partial charge in [0, 0.05) is 13.6 Å². The second-order valence-corrected chi connectivity index (χ2v) is 7.03. The van der Waals surface area contributed by atoms with E-state index in [1.807, 2.05) is 12.1 Å². The van der Waals surface area contributed by atoms with Gasteiger partial charge in [-0.3, -0.25) is 0 Å². The lowest BCUT2D eigenvalue weighted by Crippen LogP contribution is -2.40. The normalized spacial score (nSPS) is 13.3. The van der Waals surface area contributed by atoms with Crippen LogP contribution in [-0.4, -0.2) is 37.1 Å². The Balaban J connectivity index is 2.90. The molecule has 0 heterocycles. The van der Waals surface area contributed by atoms with Crippen LogP contribution in [0.3, 0.4) is 0 Å². The molecule has 0 aliphatic carbocycles. The van der Waals surface area contributed by atoms with Crippen LogP contribution in [0.5, 0.6) is 5.75 Å². The van der Waals surface area contributed by atoms with Crippen molar-refractivity contribution < 1.29 is 13.2 Å². The molecule has 2 N–H and O–H groups in total. The van der Waals surface area contributed by atoms with E-state index in [1.54, 1.807) is 19.2 Å². The van der Waals surface area contributed by atoms with E-state index in [4.69, 9.17) is 22.7 Å². The number of benzene rings is 1. The minimum atomic E-state index is -3.53. The average Bonchev–Trinajstić information content (AvgIpc) is 2.37. The summed E-state index contributed by atoms with van der Waals surface area (Å²) in [6.07, 6.45) is 0. The first kappa shape index (κ1) is 15.9. The predicted octanol–water partition coefficient (Wildman–Crippen LogP) is 1.13. The summed E-state index contributed by atoms with van der Waals surface area (Å²) in [7, 11) is -0.462. The van der Waals surface area contributed by atoms with Gasteiger partial charge in [-0.2, -0.15) is 0 Å². The van der Waals surface area contributed by atoms with Crippen molar-refractivity contribution in [2.75, 3.05) is 14.2 Å². The Hall–Kier alpha value is -1.18. The number of methoxy groups -OCH3 is 1. The molecule has 0 saturated heterocycles. The number of hydrogen-bond donors (Lipinski definition) is 1. The van der Waals surface area contributed by atoms with Crippen molar-refractivity contribution in [2.24, 2.45) is 5.73 Å². The molecule has 0 saturated carbocycles. The molecule has 106 valence electrons. The lowest BCUT2D eigenvalue weighted by Gasteiger charge is -2.21. The molecule has 0 aliphatic heterocycles. The summed E-state index contributed by atoms with van der Waals surface area (Å²) >= 11 is 4.74. The van der Waals surface area contributed by atoms with Crippen LogP contribution in [0.1, 0.15) is 12.5 Å². The summed E-state index contributed by atoms with van der Waals surface area (Å²) in [6, 6.07) is 7.23. The number of ether oxygens (including phenoxy) is 1. The maximum Gasteiger partial charge on any atom is 0.223 e. The number of hydrogen-bond acceptors (Lipinski definition) is 4. The van der Waals surface area contributed by atoms with Gasteiger partial charge >= 0.3 is 0 Å². The molecule has 0 aliphatic rings. The van der Waals surface area contributed by atoms with Crippen molar-refractivity contribution in [1.82, 2.24) is 4.31 Å². The highest BCUT2D eigenvalue weighted by molar-refractivity contribution is 7.92. The second kappa shape index (κ2) is 6.31. The van der Waals surface area contributed by atoms with E-state index in [2.05, 4.69) is 0 Å². The summed E-state index contributed by atoms with van der Waals surface area (Å²) in [4.78, 5) is -0.0301. The van der Waals surface area contributed by atoms with Gasteiger partial charge in [-0.15, -0.1) is 0 Å². The molecule has 0 fully saturated rings. The maximum atomic E-state index is 12.2. The van der Waals surface area contributed by atoms with Crippen molar-refractivity contribution in [3.05, 3.63) is 29.8 Å². The predicted molar refractivity (Wildman–Crippen MR) is 79.6 cm³/mol. The molecule has 1 aromatic rings. The summed E-state index contributed by atoms with van der Waals surface area (Å²) in [5, 5.41) is -0.877. The Labute approximate surface area is 119 Å². The highest BCUT2D eigenvalue weighted by atomic mass is 32.2. The van der Waals surface area contributed by atoms with Crippen LogP contribution in [0, 0.1) is 0 Å². The minimum Gasteiger partial charge on any atom is -0.497 e. The SMILES string of the molecule is COc1cccc(CN(C)S(=O)(=O)C(C)C(N)=S)c1. The topological polar surface area (TPSA) is 72.6 Å². The fourth-order valence-corrected chi connectivity index (χ4v) is 3.06. The zero-order chi connectivity index (χ0) is 14.6. The van der Waals surface area contributed by atoms with Crippen molar-refractivity contribution in [3.8, 4) is 5.75 Å². The van der Waals surface area contributed by atoms with Gasteiger partial charge in [-0.05, 0) is 24.6 Å². The molecule has 1 rings (SSSR count). The van der Waals surface area contributed by atoms with Gasteiger partial charge in [0.25, 0.3) is 0 Å². The van der Waals surface area contributed by atoms with E-state index in [0.29, 0.717) is 5.75 Å². The second-order valence-electron chi connectivity index (χ2n) is 4.20. The Bertz CT molecular complexity index is 558. The molecule has 7 heteroatoms. The van der Waals surface area contributed by atoms with E-state index in [0.717, 1.165) is 5.56 Å². The third kappa shape index (κ3) is 3.89. The smallest absolute Gasteiger partial charge is 0.223 e. The Morgan fingerprint density at radius 2 is 2.16 bits per heavy atom. The number of sulfonamides is 1. The fourth-order valence-electron chi connectivity index (χ4n) is 1.53. The van der Waals surface area contributed by atoms with Crippen molar-refractivity contribution >= 4 is 27.2 Å². The van der Waals surface area contributed by atoms with Crippen LogP contribution in [-0.2, 0) is 16.6 Å². The van der Waals surface area contributed by atoms with E-state index < -0.39 is 15.3 Å². The minimum absolute atomic E-state index is 0.0301. The van der Waals surface area contributed by atoms with Crippen LogP contribution < -0.4 is 10.5 Å². The van der Waals surface area contributed by atoms with Gasteiger partial charge in [0.2, 0.25) is 10.0 Å². The molecule has 0 spiro atoms. The number of nitrogens with two attached hydrogens (primary N) is 1. The standard InChI is InChI=1S/C12H18N2O3S2/c1-9(12(13)18)19(15,16)14(2)8-10-5-4-6-11(7-10)17-3/h4-7,9H,8H2,1-3H3,(H2,13,18). The highest BCUT2D eigenvalue weighted by Gasteiger charge is 2.27. The van der Waals surface area contributed by atoms with Crippen molar-refractivity contribution in [3.63, 3.8) is 0 Å². The average molecular weight is 302 g/mol. The van der Waals surface area contributed by atoms with Crippen LogP contribution in [0.15, 0.2) is 24.3 Å². The summed E-state index contributed by atoms with van der Waals surface area (Å²) in [5.74, 6) is 0.686. The van der Waals surface area contributed by atoms with Gasteiger partial charge < -0.3 is 10.5 Å². The zero-order valence-electron chi connectivity index (χ0n) is 11.2. The molecule has 0 amide bonds.